The first-order valence-electron chi connectivity index (χ1n) is 9.71. The van der Waals surface area contributed by atoms with Gasteiger partial charge in [0.15, 0.2) is 0 Å². The van der Waals surface area contributed by atoms with Gasteiger partial charge in [0.2, 0.25) is 10.0 Å². The number of benzene rings is 3. The van der Waals surface area contributed by atoms with Crippen molar-refractivity contribution in [1.29, 1.82) is 0 Å². The molecule has 6 heteroatoms. The van der Waals surface area contributed by atoms with E-state index in [2.05, 4.69) is 5.10 Å². The molecule has 0 unspecified atom stereocenters. The van der Waals surface area contributed by atoms with Crippen LogP contribution in [-0.4, -0.2) is 29.6 Å². The first-order valence-corrected chi connectivity index (χ1v) is 11.1. The highest BCUT2D eigenvalue weighted by Gasteiger charge is 2.28. The van der Waals surface area contributed by atoms with Crippen molar-refractivity contribution in [2.24, 2.45) is 0 Å². The standard InChI is InChI=1S/C24H23N3O2S/c1-26(17-20-11-5-2-6-12-20)30(28,29)23-19-27(18-21-13-7-3-8-14-21)25-24(23)22-15-9-4-10-16-22/h2-16,19H,17-18H2,1H3. The molecular weight excluding hydrogens is 394 g/mol. The molecule has 0 N–H and O–H groups in total. The van der Waals surface area contributed by atoms with Gasteiger partial charge >= 0.3 is 0 Å². The molecule has 0 aliphatic heterocycles. The Hall–Kier alpha value is -3.22. The number of hydrogen-bond donors (Lipinski definition) is 0. The van der Waals surface area contributed by atoms with E-state index >= 15 is 0 Å². The minimum absolute atomic E-state index is 0.211. The van der Waals surface area contributed by atoms with Crippen molar-refractivity contribution in [3.8, 4) is 11.3 Å². The maximum absolute atomic E-state index is 13.5. The number of aromatic nitrogens is 2. The zero-order chi connectivity index (χ0) is 21.0. The number of rotatable bonds is 7. The molecule has 0 bridgehead atoms. The summed E-state index contributed by atoms with van der Waals surface area (Å²) < 4.78 is 30.0. The monoisotopic (exact) mass is 417 g/mol. The van der Waals surface area contributed by atoms with Crippen molar-refractivity contribution in [2.75, 3.05) is 7.05 Å². The van der Waals surface area contributed by atoms with Crippen LogP contribution in [0.2, 0.25) is 0 Å². The van der Waals surface area contributed by atoms with E-state index < -0.39 is 10.0 Å². The SMILES string of the molecule is CN(Cc1ccccc1)S(=O)(=O)c1cn(Cc2ccccc2)nc1-c1ccccc1. The Morgan fingerprint density at radius 3 is 1.93 bits per heavy atom. The summed E-state index contributed by atoms with van der Waals surface area (Å²) in [6, 6.07) is 28.9. The highest BCUT2D eigenvalue weighted by Crippen LogP contribution is 2.28. The van der Waals surface area contributed by atoms with Gasteiger partial charge in [0, 0.05) is 25.4 Å². The minimum Gasteiger partial charge on any atom is -0.266 e. The van der Waals surface area contributed by atoms with E-state index in [-0.39, 0.29) is 4.90 Å². The van der Waals surface area contributed by atoms with Crippen LogP contribution >= 0.6 is 0 Å². The molecule has 0 atom stereocenters. The third kappa shape index (κ3) is 4.35. The second-order valence-electron chi connectivity index (χ2n) is 7.14. The summed E-state index contributed by atoms with van der Waals surface area (Å²) in [4.78, 5) is 0.211. The lowest BCUT2D eigenvalue weighted by Crippen LogP contribution is -2.26. The van der Waals surface area contributed by atoms with Gasteiger partial charge < -0.3 is 0 Å². The number of nitrogens with zero attached hydrogens (tertiary/aromatic N) is 3. The van der Waals surface area contributed by atoms with Crippen LogP contribution in [-0.2, 0) is 23.1 Å². The maximum Gasteiger partial charge on any atom is 0.246 e. The fraction of sp³-hybridized carbons (Fsp3) is 0.125. The summed E-state index contributed by atoms with van der Waals surface area (Å²) in [7, 11) is -2.13. The summed E-state index contributed by atoms with van der Waals surface area (Å²) in [6.45, 7) is 0.792. The van der Waals surface area contributed by atoms with Crippen molar-refractivity contribution < 1.29 is 8.42 Å². The second-order valence-corrected chi connectivity index (χ2v) is 9.15. The normalized spacial score (nSPS) is 11.7. The van der Waals surface area contributed by atoms with Crippen LogP contribution in [0, 0.1) is 0 Å². The Morgan fingerprint density at radius 2 is 1.33 bits per heavy atom. The Morgan fingerprint density at radius 1 is 0.800 bits per heavy atom. The fourth-order valence-electron chi connectivity index (χ4n) is 3.33. The van der Waals surface area contributed by atoms with Crippen LogP contribution in [0.15, 0.2) is 102 Å². The van der Waals surface area contributed by atoms with Gasteiger partial charge in [-0.05, 0) is 11.1 Å². The first kappa shape index (κ1) is 20.1. The van der Waals surface area contributed by atoms with Crippen molar-refractivity contribution in [3.05, 3.63) is 108 Å². The minimum atomic E-state index is -3.74. The summed E-state index contributed by atoms with van der Waals surface area (Å²) in [5.41, 5.74) is 3.23. The first-order chi connectivity index (χ1) is 14.5. The summed E-state index contributed by atoms with van der Waals surface area (Å²) in [5, 5.41) is 4.64. The van der Waals surface area contributed by atoms with Gasteiger partial charge in [0.25, 0.3) is 0 Å². The van der Waals surface area contributed by atoms with Crippen LogP contribution in [0.1, 0.15) is 11.1 Å². The smallest absolute Gasteiger partial charge is 0.246 e. The molecule has 4 aromatic rings. The lowest BCUT2D eigenvalue weighted by Gasteiger charge is -2.17. The average molecular weight is 418 g/mol. The zero-order valence-electron chi connectivity index (χ0n) is 16.7. The van der Waals surface area contributed by atoms with E-state index in [0.717, 1.165) is 16.7 Å². The maximum atomic E-state index is 13.5. The van der Waals surface area contributed by atoms with Gasteiger partial charge in [-0.15, -0.1) is 0 Å². The van der Waals surface area contributed by atoms with E-state index in [0.29, 0.717) is 18.8 Å². The molecule has 30 heavy (non-hydrogen) atoms. The van der Waals surface area contributed by atoms with Crippen LogP contribution in [0.5, 0.6) is 0 Å². The molecule has 0 amide bonds. The zero-order valence-corrected chi connectivity index (χ0v) is 17.5. The Labute approximate surface area is 177 Å². The fourth-order valence-corrected chi connectivity index (χ4v) is 4.65. The van der Waals surface area contributed by atoms with E-state index in [1.165, 1.54) is 4.31 Å². The molecule has 0 saturated heterocycles. The van der Waals surface area contributed by atoms with Gasteiger partial charge in [-0.3, -0.25) is 4.68 Å². The third-order valence-electron chi connectivity index (χ3n) is 4.90. The molecule has 152 valence electrons. The van der Waals surface area contributed by atoms with E-state index in [1.807, 2.05) is 91.0 Å². The molecule has 0 spiro atoms. The Balaban J connectivity index is 1.73. The van der Waals surface area contributed by atoms with Gasteiger partial charge in [-0.2, -0.15) is 9.40 Å². The molecule has 0 aliphatic rings. The quantitative estimate of drug-likeness (QED) is 0.447. The highest BCUT2D eigenvalue weighted by atomic mass is 32.2. The van der Waals surface area contributed by atoms with Crippen LogP contribution in [0.4, 0.5) is 0 Å². The molecule has 1 heterocycles. The van der Waals surface area contributed by atoms with E-state index in [1.54, 1.807) is 17.9 Å². The molecule has 5 nitrogen and oxygen atoms in total. The molecule has 1 aromatic heterocycles. The molecule has 0 aliphatic carbocycles. The molecule has 0 radical (unpaired) electrons. The Kier molecular flexibility index (Phi) is 5.79. The van der Waals surface area contributed by atoms with Crippen molar-refractivity contribution in [2.45, 2.75) is 18.0 Å². The van der Waals surface area contributed by atoms with Crippen molar-refractivity contribution >= 4 is 10.0 Å². The average Bonchev–Trinajstić information content (AvgIpc) is 3.20. The van der Waals surface area contributed by atoms with Crippen molar-refractivity contribution in [1.82, 2.24) is 14.1 Å². The predicted molar refractivity (Wildman–Crippen MR) is 118 cm³/mol. The van der Waals surface area contributed by atoms with Crippen molar-refractivity contribution in [3.63, 3.8) is 0 Å². The summed E-state index contributed by atoms with van der Waals surface area (Å²) in [6.07, 6.45) is 1.63. The summed E-state index contributed by atoms with van der Waals surface area (Å²) >= 11 is 0. The Bertz CT molecular complexity index is 1210. The van der Waals surface area contributed by atoms with Gasteiger partial charge in [0.05, 0.1) is 6.54 Å². The molecule has 3 aromatic carbocycles. The van der Waals surface area contributed by atoms with E-state index in [4.69, 9.17) is 0 Å². The number of hydrogen-bond acceptors (Lipinski definition) is 3. The second kappa shape index (κ2) is 8.65. The number of sulfonamides is 1. The third-order valence-corrected chi connectivity index (χ3v) is 6.70. The molecular formula is C24H23N3O2S. The predicted octanol–water partition coefficient (Wildman–Crippen LogP) is 4.42. The molecule has 0 saturated carbocycles. The van der Waals surface area contributed by atoms with Crippen LogP contribution < -0.4 is 0 Å². The van der Waals surface area contributed by atoms with Gasteiger partial charge in [0.1, 0.15) is 10.6 Å². The highest BCUT2D eigenvalue weighted by molar-refractivity contribution is 7.89. The van der Waals surface area contributed by atoms with Crippen LogP contribution in [0.25, 0.3) is 11.3 Å². The topological polar surface area (TPSA) is 55.2 Å². The largest absolute Gasteiger partial charge is 0.266 e. The summed E-state index contributed by atoms with van der Waals surface area (Å²) in [5.74, 6) is 0. The molecule has 4 rings (SSSR count). The molecule has 0 fully saturated rings. The van der Waals surface area contributed by atoms with Gasteiger partial charge in [-0.25, -0.2) is 8.42 Å². The van der Waals surface area contributed by atoms with Crippen LogP contribution in [0.3, 0.4) is 0 Å². The lowest BCUT2D eigenvalue weighted by molar-refractivity contribution is 0.467. The lowest BCUT2D eigenvalue weighted by atomic mass is 10.2. The van der Waals surface area contributed by atoms with Gasteiger partial charge in [-0.1, -0.05) is 91.0 Å². The van der Waals surface area contributed by atoms with E-state index in [9.17, 15) is 8.42 Å².